The van der Waals surface area contributed by atoms with Crippen LogP contribution in [0.15, 0.2) is 10.9 Å². The van der Waals surface area contributed by atoms with Gasteiger partial charge in [-0.15, -0.1) is 0 Å². The number of aromatic amines is 1. The molecule has 0 amide bonds. The number of aromatic nitrogens is 1. The number of hydrogen-bond donors (Lipinski definition) is 2. The summed E-state index contributed by atoms with van der Waals surface area (Å²) in [5.41, 5.74) is 4.28. The lowest BCUT2D eigenvalue weighted by Crippen LogP contribution is -2.20. The molecule has 0 atom stereocenters. The lowest BCUT2D eigenvalue weighted by atomic mass is 10.1. The Hall–Kier alpha value is -1.76. The van der Waals surface area contributed by atoms with E-state index in [1.807, 2.05) is 0 Å². The second-order valence-electron chi connectivity index (χ2n) is 3.32. The number of H-pyrrole nitrogens is 1. The second-order valence-corrected chi connectivity index (χ2v) is 3.32. The largest absolute Gasteiger partial charge is 0.469 e. The van der Waals surface area contributed by atoms with E-state index in [1.54, 1.807) is 0 Å². The number of carbonyl (C=O) groups excluding carboxylic acids is 1. The van der Waals surface area contributed by atoms with Crippen molar-refractivity contribution in [1.82, 2.24) is 4.98 Å². The molecule has 1 heterocycles. The number of esters is 1. The third-order valence-electron chi connectivity index (χ3n) is 2.25. The maximum Gasteiger partial charge on any atom is 0.310 e. The molecule has 1 aromatic heterocycles. The molecule has 1 rings (SSSR count). The van der Waals surface area contributed by atoms with E-state index in [2.05, 4.69) is 9.72 Å². The van der Waals surface area contributed by atoms with E-state index in [-0.39, 0.29) is 24.2 Å². The van der Waals surface area contributed by atoms with Crippen LogP contribution in [-0.2, 0) is 22.5 Å². The fourth-order valence-corrected chi connectivity index (χ4v) is 1.36. The van der Waals surface area contributed by atoms with Crippen molar-refractivity contribution < 1.29 is 18.3 Å². The molecular formula is C10H12F2N2O3. The highest BCUT2D eigenvalue weighted by Gasteiger charge is 2.17. The van der Waals surface area contributed by atoms with Gasteiger partial charge in [0.05, 0.1) is 19.1 Å². The average Bonchev–Trinajstić information content (AvgIpc) is 2.30. The molecule has 0 saturated heterocycles. The van der Waals surface area contributed by atoms with Gasteiger partial charge in [0.1, 0.15) is 0 Å². The Morgan fingerprint density at radius 1 is 1.59 bits per heavy atom. The third kappa shape index (κ3) is 3.10. The van der Waals surface area contributed by atoms with E-state index < -0.39 is 23.5 Å². The van der Waals surface area contributed by atoms with Crippen LogP contribution in [0.3, 0.4) is 0 Å². The summed E-state index contributed by atoms with van der Waals surface area (Å²) in [6.07, 6.45) is -3.11. The first kappa shape index (κ1) is 13.3. The predicted octanol–water partition coefficient (Wildman–Crippen LogP) is 0.487. The van der Waals surface area contributed by atoms with E-state index in [1.165, 1.54) is 7.11 Å². The van der Waals surface area contributed by atoms with Crippen LogP contribution in [0, 0.1) is 0 Å². The molecule has 1 aromatic rings. The Morgan fingerprint density at radius 3 is 2.71 bits per heavy atom. The first-order valence-electron chi connectivity index (χ1n) is 4.79. The van der Waals surface area contributed by atoms with E-state index in [0.29, 0.717) is 0 Å². The van der Waals surface area contributed by atoms with Gasteiger partial charge in [0.2, 0.25) is 0 Å². The zero-order chi connectivity index (χ0) is 13.0. The van der Waals surface area contributed by atoms with Crippen LogP contribution in [-0.4, -0.2) is 18.1 Å². The average molecular weight is 246 g/mol. The molecule has 94 valence electrons. The highest BCUT2D eigenvalue weighted by molar-refractivity contribution is 5.72. The molecule has 0 spiro atoms. The molecule has 3 N–H and O–H groups in total. The van der Waals surface area contributed by atoms with Crippen molar-refractivity contribution in [1.29, 1.82) is 0 Å². The maximum absolute atomic E-state index is 12.5. The standard InChI is InChI=1S/C10H12F2N2O3/c1-17-8(15)3-5-2-6(9(11)12)10(16)14-7(5)4-13/h2,9H,3-4,13H2,1H3,(H,14,16). The minimum Gasteiger partial charge on any atom is -0.469 e. The summed E-state index contributed by atoms with van der Waals surface area (Å²) in [5, 5.41) is 0. The summed E-state index contributed by atoms with van der Waals surface area (Å²) in [7, 11) is 1.18. The van der Waals surface area contributed by atoms with Crippen molar-refractivity contribution in [2.24, 2.45) is 5.73 Å². The van der Waals surface area contributed by atoms with Crippen molar-refractivity contribution in [3.63, 3.8) is 0 Å². The van der Waals surface area contributed by atoms with Gasteiger partial charge in [-0.1, -0.05) is 0 Å². The van der Waals surface area contributed by atoms with Crippen LogP contribution in [0.1, 0.15) is 23.2 Å². The highest BCUT2D eigenvalue weighted by atomic mass is 19.3. The molecule has 0 bridgehead atoms. The first-order valence-corrected chi connectivity index (χ1v) is 4.79. The molecule has 0 radical (unpaired) electrons. The topological polar surface area (TPSA) is 85.2 Å². The Labute approximate surface area is 95.6 Å². The number of alkyl halides is 2. The van der Waals surface area contributed by atoms with Gasteiger partial charge >= 0.3 is 5.97 Å². The minimum absolute atomic E-state index is 0.0505. The smallest absolute Gasteiger partial charge is 0.310 e. The first-order chi connectivity index (χ1) is 7.99. The highest BCUT2D eigenvalue weighted by Crippen LogP contribution is 2.17. The maximum atomic E-state index is 12.5. The molecule has 0 aliphatic heterocycles. The van der Waals surface area contributed by atoms with E-state index in [0.717, 1.165) is 6.07 Å². The summed E-state index contributed by atoms with van der Waals surface area (Å²) in [6, 6.07) is 0.989. The number of halogens is 2. The summed E-state index contributed by atoms with van der Waals surface area (Å²) >= 11 is 0. The quantitative estimate of drug-likeness (QED) is 0.757. The minimum atomic E-state index is -2.90. The lowest BCUT2D eigenvalue weighted by Gasteiger charge is -2.08. The number of nitrogens with two attached hydrogens (primary N) is 1. The summed E-state index contributed by atoms with van der Waals surface area (Å²) in [4.78, 5) is 24.6. The molecule has 17 heavy (non-hydrogen) atoms. The van der Waals surface area contributed by atoms with Crippen molar-refractivity contribution in [3.05, 3.63) is 33.2 Å². The van der Waals surface area contributed by atoms with Crippen LogP contribution in [0.2, 0.25) is 0 Å². The monoisotopic (exact) mass is 246 g/mol. The fraction of sp³-hybridized carbons (Fsp3) is 0.400. The van der Waals surface area contributed by atoms with Crippen molar-refractivity contribution in [3.8, 4) is 0 Å². The van der Waals surface area contributed by atoms with Gasteiger partial charge in [-0.3, -0.25) is 9.59 Å². The van der Waals surface area contributed by atoms with Crippen LogP contribution < -0.4 is 11.3 Å². The van der Waals surface area contributed by atoms with E-state index in [9.17, 15) is 18.4 Å². The zero-order valence-electron chi connectivity index (χ0n) is 9.13. The number of ether oxygens (including phenoxy) is 1. The number of methoxy groups -OCH3 is 1. The molecule has 0 aliphatic carbocycles. The van der Waals surface area contributed by atoms with Crippen molar-refractivity contribution in [2.45, 2.75) is 19.4 Å². The molecule has 7 heteroatoms. The van der Waals surface area contributed by atoms with Gasteiger partial charge in [-0.05, 0) is 11.6 Å². The summed E-state index contributed by atoms with van der Waals surface area (Å²) in [6.45, 7) is -0.0505. The van der Waals surface area contributed by atoms with Gasteiger partial charge < -0.3 is 15.5 Å². The summed E-state index contributed by atoms with van der Waals surface area (Å²) in [5.74, 6) is -0.591. The lowest BCUT2D eigenvalue weighted by molar-refractivity contribution is -0.139. The fourth-order valence-electron chi connectivity index (χ4n) is 1.36. The normalized spacial score (nSPS) is 10.6. The summed E-state index contributed by atoms with van der Waals surface area (Å²) < 4.78 is 29.4. The van der Waals surface area contributed by atoms with Gasteiger partial charge in [0.15, 0.2) is 0 Å². The van der Waals surface area contributed by atoms with Crippen LogP contribution >= 0.6 is 0 Å². The van der Waals surface area contributed by atoms with Crippen LogP contribution in [0.25, 0.3) is 0 Å². The van der Waals surface area contributed by atoms with E-state index >= 15 is 0 Å². The Bertz CT molecular complexity index is 471. The number of carbonyl (C=O) groups is 1. The Kier molecular flexibility index (Phi) is 4.33. The van der Waals surface area contributed by atoms with Crippen molar-refractivity contribution >= 4 is 5.97 Å². The molecule has 0 fully saturated rings. The molecule has 0 saturated carbocycles. The zero-order valence-corrected chi connectivity index (χ0v) is 9.13. The van der Waals surface area contributed by atoms with Crippen LogP contribution in [0.5, 0.6) is 0 Å². The molecule has 5 nitrogen and oxygen atoms in total. The third-order valence-corrected chi connectivity index (χ3v) is 2.25. The molecule has 0 unspecified atom stereocenters. The molecular weight excluding hydrogens is 234 g/mol. The van der Waals surface area contributed by atoms with E-state index in [4.69, 9.17) is 5.73 Å². The van der Waals surface area contributed by atoms with Gasteiger partial charge in [-0.2, -0.15) is 0 Å². The van der Waals surface area contributed by atoms with Gasteiger partial charge in [0, 0.05) is 12.2 Å². The second kappa shape index (κ2) is 5.53. The molecule has 0 aromatic carbocycles. The Balaban J connectivity index is 3.21. The predicted molar refractivity (Wildman–Crippen MR) is 55.6 cm³/mol. The number of pyridine rings is 1. The van der Waals surface area contributed by atoms with Gasteiger partial charge in [0.25, 0.3) is 12.0 Å². The number of hydrogen-bond acceptors (Lipinski definition) is 4. The van der Waals surface area contributed by atoms with Gasteiger partial charge in [-0.25, -0.2) is 8.78 Å². The Morgan fingerprint density at radius 2 is 2.24 bits per heavy atom. The number of nitrogens with one attached hydrogen (secondary N) is 1. The molecule has 0 aliphatic rings. The van der Waals surface area contributed by atoms with Crippen molar-refractivity contribution in [2.75, 3.05) is 7.11 Å². The SMILES string of the molecule is COC(=O)Cc1cc(C(F)F)c(=O)[nH]c1CN. The number of rotatable bonds is 4. The van der Waals surface area contributed by atoms with Crippen LogP contribution in [0.4, 0.5) is 8.78 Å².